The third-order valence-electron chi connectivity index (χ3n) is 19.8. The van der Waals surface area contributed by atoms with Crippen LogP contribution in [0.2, 0.25) is 0 Å². The Balaban J connectivity index is 0.000000119. The molecule has 32 nitrogen and oxygen atoms in total. The molecule has 12 aromatic heterocycles. The van der Waals surface area contributed by atoms with E-state index in [1.165, 1.54) is 25.2 Å². The summed E-state index contributed by atoms with van der Waals surface area (Å²) in [5.41, 5.74) is 6.91. The quantitative estimate of drug-likeness (QED) is 0.0440. The van der Waals surface area contributed by atoms with Gasteiger partial charge >= 0.3 is 5.69 Å². The van der Waals surface area contributed by atoms with E-state index in [9.17, 15) is 61.3 Å². The zero-order valence-corrected chi connectivity index (χ0v) is 54.0. The van der Waals surface area contributed by atoms with E-state index in [0.717, 1.165) is 78.8 Å². The number of aromatic hydroxyl groups is 2. The van der Waals surface area contributed by atoms with E-state index in [2.05, 4.69) is 104 Å². The topological polar surface area (TPSA) is 494 Å². The number of aliphatic hydroxyl groups is 4. The van der Waals surface area contributed by atoms with Gasteiger partial charge in [-0.15, -0.1) is 0 Å². The summed E-state index contributed by atoms with van der Waals surface area (Å²) in [6.07, 6.45) is 31.0. The highest BCUT2D eigenvalue weighted by molar-refractivity contribution is 5.95. The molecule has 0 amide bonds. The number of nitrogens with one attached hydrogen (secondary N) is 6. The molecule has 4 aliphatic carbocycles. The molecule has 12 atom stereocenters. The number of nitrogens with zero attached hydrogens (tertiary/aromatic N) is 18. The molecule has 12 unspecified atom stereocenters. The lowest BCUT2D eigenvalue weighted by Crippen LogP contribution is -2.20. The van der Waals surface area contributed by atoms with Gasteiger partial charge in [-0.2, -0.15) is 41.3 Å². The molecule has 0 radical (unpaired) electrons. The molecular formula is C68H72N24O8. The summed E-state index contributed by atoms with van der Waals surface area (Å²) in [5, 5.41) is 115. The van der Waals surface area contributed by atoms with Gasteiger partial charge in [0.25, 0.3) is 5.56 Å². The van der Waals surface area contributed by atoms with E-state index in [1.807, 2.05) is 35.4 Å². The molecule has 512 valence electrons. The number of hydrogen-bond acceptors (Lipinski definition) is 22. The van der Waals surface area contributed by atoms with Crippen LogP contribution in [0.4, 0.5) is 0 Å². The van der Waals surface area contributed by atoms with Crippen LogP contribution in [0.15, 0.2) is 109 Å². The maximum atomic E-state index is 12.5. The van der Waals surface area contributed by atoms with Crippen molar-refractivity contribution >= 4 is 44.1 Å². The Morgan fingerprint density at radius 3 is 1.52 bits per heavy atom. The highest BCUT2D eigenvalue weighted by Crippen LogP contribution is 2.42. The van der Waals surface area contributed by atoms with Gasteiger partial charge in [0.1, 0.15) is 47.3 Å². The molecule has 4 saturated carbocycles. The molecule has 0 aromatic carbocycles. The lowest BCUT2D eigenvalue weighted by molar-refractivity contribution is 0.169. The van der Waals surface area contributed by atoms with Crippen molar-refractivity contribution in [2.45, 2.75) is 151 Å². The van der Waals surface area contributed by atoms with Gasteiger partial charge in [-0.25, -0.2) is 34.7 Å². The fourth-order valence-electron chi connectivity index (χ4n) is 14.9. The van der Waals surface area contributed by atoms with Crippen molar-refractivity contribution in [1.82, 2.24) is 98.9 Å². The second-order valence-corrected chi connectivity index (χ2v) is 26.0. The van der Waals surface area contributed by atoms with E-state index in [0.29, 0.717) is 107 Å². The van der Waals surface area contributed by atoms with Crippen LogP contribution in [0.5, 0.6) is 11.6 Å². The first kappa shape index (κ1) is 66.9. The molecule has 12 N–H and O–H groups in total. The first-order valence-electron chi connectivity index (χ1n) is 33.2. The number of fused-ring (bicyclic) bond motifs is 4. The standard InChI is InChI=1S/4C17H18N6O2/c18-5-3-14(10-1-2-12(24)7-10)23-9-11(8-20-23)15-13-4-6-19-16(13)22-17(25)21-15;18-5-3-14(10-1-2-11(24)7-10)23-8-13(17(25)22-23)15-12-4-6-19-16(12)21-9-20-15;18-4-3-14(10-1-2-12(24)5-10)23-8-11(7-21-23)16-13-6-15(25)22-17(13)20-9-19-16;18-4-3-13(10-1-2-12(24)5-10)23-8-11(6-22-23)16-15-14(25)7-19-17(15)21-9-20-16/h4,6,8-10,12,14,24H,1-3,7H2,(H2,19,21,22,25);4,6,8-11,14,24H,1-3,7H2,(H,22,25)(H,19,20,21);6-10,12,14,24-25H,1-3,5H2,(H,19,20,22);6-10,12-13,24-25H,1-3,5H2,(H,19,20,21). The maximum absolute atomic E-state index is 12.5. The molecule has 0 spiro atoms. The number of aliphatic hydroxyl groups excluding tert-OH is 4. The smallest absolute Gasteiger partial charge is 0.347 e. The van der Waals surface area contributed by atoms with Crippen molar-refractivity contribution < 1.29 is 30.6 Å². The van der Waals surface area contributed by atoms with Crippen molar-refractivity contribution in [3.63, 3.8) is 0 Å². The molecule has 12 heterocycles. The average Bonchev–Trinajstić information content (AvgIpc) is 1.63. The normalized spacial score (nSPS) is 21.4. The average molecular weight is 1350 g/mol. The van der Waals surface area contributed by atoms with E-state index in [4.69, 9.17) is 0 Å². The lowest BCUT2D eigenvalue weighted by atomic mass is 9.96. The van der Waals surface area contributed by atoms with Crippen LogP contribution in [0, 0.1) is 69.0 Å². The number of hydrogen-bond donors (Lipinski definition) is 12. The van der Waals surface area contributed by atoms with Crippen molar-refractivity contribution in [1.29, 1.82) is 21.0 Å². The van der Waals surface area contributed by atoms with Crippen molar-refractivity contribution in [2.24, 2.45) is 23.7 Å². The summed E-state index contributed by atoms with van der Waals surface area (Å²) in [4.78, 5) is 67.8. The minimum absolute atomic E-state index is 0.0337. The first-order valence-corrected chi connectivity index (χ1v) is 33.2. The largest absolute Gasteiger partial charge is 0.506 e. The van der Waals surface area contributed by atoms with E-state index < -0.39 is 5.69 Å². The van der Waals surface area contributed by atoms with Crippen LogP contribution in [0.25, 0.3) is 89.2 Å². The zero-order chi connectivity index (χ0) is 69.6. The van der Waals surface area contributed by atoms with Crippen molar-refractivity contribution in [3.05, 3.63) is 120 Å². The molecule has 0 bridgehead atoms. The van der Waals surface area contributed by atoms with Crippen molar-refractivity contribution in [3.8, 4) is 80.9 Å². The molecule has 32 heteroatoms. The second-order valence-electron chi connectivity index (χ2n) is 26.0. The molecule has 0 saturated heterocycles. The van der Waals surface area contributed by atoms with Gasteiger partial charge in [0, 0.05) is 82.3 Å². The van der Waals surface area contributed by atoms with Gasteiger partial charge < -0.3 is 55.6 Å². The third-order valence-corrected chi connectivity index (χ3v) is 19.8. The Kier molecular flexibility index (Phi) is 19.8. The summed E-state index contributed by atoms with van der Waals surface area (Å²) >= 11 is 0. The number of nitriles is 4. The number of aromatic nitrogens is 20. The van der Waals surface area contributed by atoms with Crippen LogP contribution in [-0.2, 0) is 0 Å². The summed E-state index contributed by atoms with van der Waals surface area (Å²) in [6.45, 7) is 0. The third kappa shape index (κ3) is 14.2. The van der Waals surface area contributed by atoms with Crippen molar-refractivity contribution in [2.75, 3.05) is 0 Å². The van der Waals surface area contributed by atoms with Gasteiger partial charge in [0.15, 0.2) is 5.88 Å². The summed E-state index contributed by atoms with van der Waals surface area (Å²) in [6, 6.07) is 13.8. The summed E-state index contributed by atoms with van der Waals surface area (Å²) < 4.78 is 7.10. The minimum Gasteiger partial charge on any atom is -0.506 e. The predicted molar refractivity (Wildman–Crippen MR) is 360 cm³/mol. The van der Waals surface area contributed by atoms with E-state index in [-0.39, 0.29) is 95.9 Å². The second kappa shape index (κ2) is 29.6. The molecule has 0 aliphatic heterocycles. The van der Waals surface area contributed by atoms with E-state index in [1.54, 1.807) is 57.3 Å². The minimum atomic E-state index is -0.426. The Morgan fingerprint density at radius 2 is 0.970 bits per heavy atom. The molecule has 4 aliphatic rings. The molecule has 16 rings (SSSR count). The maximum Gasteiger partial charge on any atom is 0.347 e. The van der Waals surface area contributed by atoms with Gasteiger partial charge in [0.05, 0.1) is 151 Å². The van der Waals surface area contributed by atoms with Gasteiger partial charge in [-0.05, 0) is 113 Å². The van der Waals surface area contributed by atoms with Gasteiger partial charge in [-0.3, -0.25) is 28.6 Å². The van der Waals surface area contributed by atoms with Crippen LogP contribution in [0.1, 0.15) is 127 Å². The zero-order valence-electron chi connectivity index (χ0n) is 54.0. The Morgan fingerprint density at radius 1 is 0.500 bits per heavy atom. The molecule has 100 heavy (non-hydrogen) atoms. The number of rotatable bonds is 16. The van der Waals surface area contributed by atoms with Gasteiger partial charge in [-0.1, -0.05) is 0 Å². The fourth-order valence-corrected chi connectivity index (χ4v) is 14.9. The van der Waals surface area contributed by atoms with Crippen LogP contribution < -0.4 is 11.2 Å². The lowest BCUT2D eigenvalue weighted by Gasteiger charge is -2.22. The fraction of sp³-hybridized carbons (Fsp3) is 0.412. The molecule has 4 fully saturated rings. The summed E-state index contributed by atoms with van der Waals surface area (Å²) in [7, 11) is 0. The SMILES string of the molecule is N#CCC(C1CCC(O)C1)n1cc(-c2[nH]c(=O)nc3[nH]ccc23)cn1.N#CCC(C1CCC(O)C1)n1cc(-c2ncnc3[nH]c(O)cc23)cn1.N#CCC(C1CCC(O)C1)n1cc(-c2ncnc3[nH]cc(O)c23)cn1.N#CCC(C1CCC(O)C1)n1cc(-c2ncnc3[nH]ccc23)c(=O)[nH]1. The highest BCUT2D eigenvalue weighted by atomic mass is 16.3. The highest BCUT2D eigenvalue weighted by Gasteiger charge is 2.36. The van der Waals surface area contributed by atoms with Crippen LogP contribution in [-0.4, -0.2) is 154 Å². The van der Waals surface area contributed by atoms with Crippen LogP contribution >= 0.6 is 0 Å². The Labute approximate surface area is 568 Å². The summed E-state index contributed by atoms with van der Waals surface area (Å²) in [5.74, 6) is 0.990. The van der Waals surface area contributed by atoms with E-state index >= 15 is 0 Å². The molecular weight excluding hydrogens is 1280 g/mol. The van der Waals surface area contributed by atoms with Gasteiger partial charge in [0.2, 0.25) is 0 Å². The number of H-pyrrole nitrogens is 6. The first-order chi connectivity index (χ1) is 48.6. The molecule has 12 aromatic rings. The Hall–Kier alpha value is -11.7. The van der Waals surface area contributed by atoms with Crippen LogP contribution in [0.3, 0.4) is 0 Å². The Bertz CT molecular complexity index is 5130. The number of aromatic amines is 6. The predicted octanol–water partition coefficient (Wildman–Crippen LogP) is 7.75. The monoisotopic (exact) mass is 1350 g/mol.